The first kappa shape index (κ1) is 23.8. The van der Waals surface area contributed by atoms with Crippen LogP contribution < -0.4 is 4.74 Å². The summed E-state index contributed by atoms with van der Waals surface area (Å²) < 4.78 is 11.1. The molecule has 34 heavy (non-hydrogen) atoms. The van der Waals surface area contributed by atoms with Crippen molar-refractivity contribution in [3.05, 3.63) is 64.3 Å². The number of phenolic OH excluding ortho intramolecular Hbond substituents is 1. The second kappa shape index (κ2) is 10.3. The quantitative estimate of drug-likeness (QED) is 0.406. The van der Waals surface area contributed by atoms with E-state index in [0.717, 1.165) is 47.3 Å². The number of H-pyrrole nitrogens is 1. The van der Waals surface area contributed by atoms with Gasteiger partial charge in [-0.3, -0.25) is 9.89 Å². The Morgan fingerprint density at radius 2 is 1.88 bits per heavy atom. The minimum absolute atomic E-state index is 0.0950. The monoisotopic (exact) mass is 463 g/mol. The summed E-state index contributed by atoms with van der Waals surface area (Å²) in [5.74, 6) is 0.880. The second-order valence-corrected chi connectivity index (χ2v) is 8.86. The van der Waals surface area contributed by atoms with Crippen LogP contribution in [0.15, 0.2) is 36.4 Å². The highest BCUT2D eigenvalue weighted by Crippen LogP contribution is 2.45. The highest BCUT2D eigenvalue weighted by Gasteiger charge is 2.42. The van der Waals surface area contributed by atoms with Gasteiger partial charge in [0.2, 0.25) is 0 Å². The number of benzene rings is 2. The number of hydrogen-bond donors (Lipinski definition) is 2. The number of ether oxygens (including phenoxy) is 2. The minimum atomic E-state index is -0.321. The first-order valence-corrected chi connectivity index (χ1v) is 11.9. The number of fused-ring (bicyclic) bond motifs is 1. The van der Waals surface area contributed by atoms with Crippen molar-refractivity contribution in [2.24, 2.45) is 0 Å². The molecule has 2 heterocycles. The van der Waals surface area contributed by atoms with Crippen LogP contribution in [0.4, 0.5) is 0 Å². The molecule has 1 amide bonds. The number of methoxy groups -OCH3 is 1. The fraction of sp³-hybridized carbons (Fsp3) is 0.407. The number of hydrogen-bond acceptors (Lipinski definition) is 5. The van der Waals surface area contributed by atoms with Gasteiger partial charge in [0, 0.05) is 31.4 Å². The third-order valence-electron chi connectivity index (χ3n) is 6.27. The number of carbonyl (C=O) groups excluding carboxylic acids is 1. The summed E-state index contributed by atoms with van der Waals surface area (Å²) >= 11 is 0. The van der Waals surface area contributed by atoms with Crippen molar-refractivity contribution < 1.29 is 19.4 Å². The fourth-order valence-corrected chi connectivity index (χ4v) is 4.68. The first-order valence-electron chi connectivity index (χ1n) is 11.9. The van der Waals surface area contributed by atoms with Gasteiger partial charge in [0.05, 0.1) is 12.6 Å². The molecule has 1 aromatic heterocycles. The Labute approximate surface area is 200 Å². The zero-order valence-electron chi connectivity index (χ0n) is 20.4. The van der Waals surface area contributed by atoms with Crippen LogP contribution in [-0.4, -0.2) is 53.0 Å². The Morgan fingerprint density at radius 1 is 1.12 bits per heavy atom. The van der Waals surface area contributed by atoms with Crippen molar-refractivity contribution in [2.45, 2.75) is 46.1 Å². The van der Waals surface area contributed by atoms with E-state index in [-0.39, 0.29) is 17.7 Å². The smallest absolute Gasteiger partial charge is 0.273 e. The predicted molar refractivity (Wildman–Crippen MR) is 131 cm³/mol. The molecule has 2 aromatic carbocycles. The molecule has 180 valence electrons. The van der Waals surface area contributed by atoms with Gasteiger partial charge < -0.3 is 19.5 Å². The number of aromatic nitrogens is 2. The van der Waals surface area contributed by atoms with Gasteiger partial charge in [-0.1, -0.05) is 31.5 Å². The van der Waals surface area contributed by atoms with E-state index in [4.69, 9.17) is 9.47 Å². The lowest BCUT2D eigenvalue weighted by molar-refractivity contribution is 0.0723. The van der Waals surface area contributed by atoms with Crippen molar-refractivity contribution in [2.75, 3.05) is 26.9 Å². The van der Waals surface area contributed by atoms with Crippen molar-refractivity contribution in [3.63, 3.8) is 0 Å². The largest absolute Gasteiger partial charge is 0.507 e. The van der Waals surface area contributed by atoms with Crippen LogP contribution in [0.25, 0.3) is 11.3 Å². The summed E-state index contributed by atoms with van der Waals surface area (Å²) in [5, 5.41) is 18.3. The molecule has 7 nitrogen and oxygen atoms in total. The van der Waals surface area contributed by atoms with Gasteiger partial charge in [0.15, 0.2) is 0 Å². The van der Waals surface area contributed by atoms with Gasteiger partial charge in [-0.2, -0.15) is 5.10 Å². The van der Waals surface area contributed by atoms with E-state index in [0.29, 0.717) is 36.7 Å². The van der Waals surface area contributed by atoms with E-state index in [9.17, 15) is 9.90 Å². The number of rotatable bonds is 10. The van der Waals surface area contributed by atoms with Crippen LogP contribution in [0.1, 0.15) is 65.0 Å². The lowest BCUT2D eigenvalue weighted by Gasteiger charge is -2.26. The molecule has 0 aliphatic carbocycles. The molecule has 7 heteroatoms. The van der Waals surface area contributed by atoms with Crippen molar-refractivity contribution in [3.8, 4) is 22.8 Å². The molecule has 1 aliphatic rings. The molecule has 0 saturated carbocycles. The van der Waals surface area contributed by atoms with Gasteiger partial charge in [0.25, 0.3) is 5.91 Å². The highest BCUT2D eigenvalue weighted by molar-refractivity contribution is 6.00. The summed E-state index contributed by atoms with van der Waals surface area (Å²) in [6.07, 6.45) is 2.81. The topological polar surface area (TPSA) is 87.7 Å². The van der Waals surface area contributed by atoms with Crippen LogP contribution in [0.2, 0.25) is 0 Å². The van der Waals surface area contributed by atoms with E-state index < -0.39 is 0 Å². The van der Waals surface area contributed by atoms with E-state index in [1.165, 1.54) is 0 Å². The number of nitrogens with one attached hydrogen (secondary N) is 1. The Kier molecular flexibility index (Phi) is 7.22. The number of aryl methyl sites for hydroxylation is 2. The third kappa shape index (κ3) is 4.53. The van der Waals surface area contributed by atoms with E-state index in [2.05, 4.69) is 17.1 Å². The van der Waals surface area contributed by atoms with Gasteiger partial charge in [-0.05, 0) is 61.6 Å². The van der Waals surface area contributed by atoms with Gasteiger partial charge in [-0.15, -0.1) is 0 Å². The van der Waals surface area contributed by atoms with Crippen molar-refractivity contribution in [1.29, 1.82) is 0 Å². The zero-order valence-corrected chi connectivity index (χ0v) is 20.4. The SMILES string of the molecule is CCCCOc1ccc(C2c3c(-c4c(C)cc(C)cc4O)n[nH]c3C(=O)N2CCCOC)cc1. The Hall–Kier alpha value is -3.32. The number of aromatic hydroxyl groups is 1. The lowest BCUT2D eigenvalue weighted by atomic mass is 9.93. The molecular weight excluding hydrogens is 430 g/mol. The zero-order chi connectivity index (χ0) is 24.2. The number of unbranched alkanes of at least 4 members (excludes halogenated alkanes) is 1. The second-order valence-electron chi connectivity index (χ2n) is 8.86. The standard InChI is InChI=1S/C27H33N3O4/c1-5-6-14-34-20-10-8-19(9-11-20)26-23-24(22-18(3)15-17(2)16-21(22)31)28-29-25(23)27(32)30(26)12-7-13-33-4/h8-11,15-16,26,31H,5-7,12-14H2,1-4H3,(H,28,29). The Bertz CT molecular complexity index is 1130. The summed E-state index contributed by atoms with van der Waals surface area (Å²) in [5.41, 5.74) is 5.39. The number of aromatic amines is 1. The first-order chi connectivity index (χ1) is 16.5. The van der Waals surface area contributed by atoms with Gasteiger partial charge >= 0.3 is 0 Å². The molecule has 3 aromatic rings. The van der Waals surface area contributed by atoms with Crippen LogP contribution in [-0.2, 0) is 4.74 Å². The normalized spacial score (nSPS) is 15.1. The van der Waals surface area contributed by atoms with Crippen LogP contribution in [0.5, 0.6) is 11.5 Å². The van der Waals surface area contributed by atoms with Crippen LogP contribution >= 0.6 is 0 Å². The molecule has 0 spiro atoms. The Morgan fingerprint density at radius 3 is 2.56 bits per heavy atom. The predicted octanol–water partition coefficient (Wildman–Crippen LogP) is 5.16. The molecule has 1 unspecified atom stereocenters. The van der Waals surface area contributed by atoms with E-state index >= 15 is 0 Å². The molecule has 4 rings (SSSR count). The molecule has 0 fully saturated rings. The number of nitrogens with zero attached hydrogens (tertiary/aromatic N) is 2. The van der Waals surface area contributed by atoms with E-state index in [1.54, 1.807) is 13.2 Å². The van der Waals surface area contributed by atoms with Crippen molar-refractivity contribution in [1.82, 2.24) is 15.1 Å². The van der Waals surface area contributed by atoms with Gasteiger partial charge in [-0.25, -0.2) is 0 Å². The number of amides is 1. The maximum absolute atomic E-state index is 13.4. The third-order valence-corrected chi connectivity index (χ3v) is 6.27. The number of phenols is 1. The maximum atomic E-state index is 13.4. The molecule has 0 radical (unpaired) electrons. The minimum Gasteiger partial charge on any atom is -0.507 e. The molecule has 1 atom stereocenters. The lowest BCUT2D eigenvalue weighted by Crippen LogP contribution is -2.31. The highest BCUT2D eigenvalue weighted by atomic mass is 16.5. The summed E-state index contributed by atoms with van der Waals surface area (Å²) in [4.78, 5) is 15.3. The number of carbonyl (C=O) groups is 1. The van der Waals surface area contributed by atoms with E-state index in [1.807, 2.05) is 49.1 Å². The Balaban J connectivity index is 1.77. The fourth-order valence-electron chi connectivity index (χ4n) is 4.68. The van der Waals surface area contributed by atoms with Gasteiger partial charge in [0.1, 0.15) is 22.9 Å². The maximum Gasteiger partial charge on any atom is 0.273 e. The molecule has 0 saturated heterocycles. The molecular formula is C27H33N3O4. The molecule has 2 N–H and O–H groups in total. The summed E-state index contributed by atoms with van der Waals surface area (Å²) in [7, 11) is 1.66. The molecule has 0 bridgehead atoms. The average Bonchev–Trinajstić information content (AvgIpc) is 3.33. The van der Waals surface area contributed by atoms with Crippen LogP contribution in [0, 0.1) is 13.8 Å². The summed E-state index contributed by atoms with van der Waals surface area (Å²) in [6.45, 7) is 7.83. The van der Waals surface area contributed by atoms with Crippen LogP contribution in [0.3, 0.4) is 0 Å². The van der Waals surface area contributed by atoms with Crippen molar-refractivity contribution >= 4 is 5.91 Å². The average molecular weight is 464 g/mol. The summed E-state index contributed by atoms with van der Waals surface area (Å²) in [6, 6.07) is 11.4. The molecule has 1 aliphatic heterocycles.